The van der Waals surface area contributed by atoms with Crippen molar-refractivity contribution in [2.75, 3.05) is 39.0 Å². The maximum Gasteiger partial charge on any atom is 0.224 e. The standard InChI is InChI=1S/C18H26N2O2S/c1-22-16-5-6-17-15(13-16)14-20(11-12-23-17)18(21)7-10-19-8-3-2-4-9-19/h5-6,13H,2-4,7-12,14H2,1H3. The van der Waals surface area contributed by atoms with Gasteiger partial charge in [0.05, 0.1) is 7.11 Å². The lowest BCUT2D eigenvalue weighted by Crippen LogP contribution is -2.36. The minimum atomic E-state index is 0.284. The van der Waals surface area contributed by atoms with Gasteiger partial charge in [0.15, 0.2) is 0 Å². The van der Waals surface area contributed by atoms with Crippen molar-refractivity contribution >= 4 is 17.7 Å². The smallest absolute Gasteiger partial charge is 0.224 e. The van der Waals surface area contributed by atoms with Gasteiger partial charge in [0.25, 0.3) is 0 Å². The van der Waals surface area contributed by atoms with Crippen LogP contribution in [0.25, 0.3) is 0 Å². The number of hydrogen-bond acceptors (Lipinski definition) is 4. The Hall–Kier alpha value is -1.20. The van der Waals surface area contributed by atoms with Gasteiger partial charge in [-0.25, -0.2) is 0 Å². The first-order valence-electron chi connectivity index (χ1n) is 8.56. The Bertz CT molecular complexity index is 544. The van der Waals surface area contributed by atoms with E-state index in [0.717, 1.165) is 37.7 Å². The van der Waals surface area contributed by atoms with Crippen molar-refractivity contribution in [1.82, 2.24) is 9.80 Å². The molecule has 0 unspecified atom stereocenters. The summed E-state index contributed by atoms with van der Waals surface area (Å²) in [7, 11) is 1.69. The number of carbonyl (C=O) groups excluding carboxylic acids is 1. The Morgan fingerprint density at radius 1 is 1.22 bits per heavy atom. The van der Waals surface area contributed by atoms with Crippen LogP contribution in [0, 0.1) is 0 Å². The fourth-order valence-corrected chi connectivity index (χ4v) is 4.31. The molecule has 0 aromatic heterocycles. The summed E-state index contributed by atoms with van der Waals surface area (Å²) in [5, 5.41) is 0. The number of fused-ring (bicyclic) bond motifs is 1. The average Bonchev–Trinajstić information content (AvgIpc) is 2.82. The lowest BCUT2D eigenvalue weighted by atomic mass is 10.1. The first-order valence-corrected chi connectivity index (χ1v) is 9.54. The van der Waals surface area contributed by atoms with E-state index in [9.17, 15) is 4.79 Å². The molecular formula is C18H26N2O2S. The molecule has 1 amide bonds. The lowest BCUT2D eigenvalue weighted by molar-refractivity contribution is -0.131. The molecule has 0 radical (unpaired) electrons. The van der Waals surface area contributed by atoms with Gasteiger partial charge >= 0.3 is 0 Å². The Morgan fingerprint density at radius 3 is 2.83 bits per heavy atom. The largest absolute Gasteiger partial charge is 0.497 e. The third-order valence-corrected chi connectivity index (χ3v) is 5.79. The molecule has 0 N–H and O–H groups in total. The molecular weight excluding hydrogens is 308 g/mol. The second kappa shape index (κ2) is 8.06. The Labute approximate surface area is 143 Å². The summed E-state index contributed by atoms with van der Waals surface area (Å²) in [5.41, 5.74) is 1.21. The van der Waals surface area contributed by atoms with E-state index in [1.54, 1.807) is 7.11 Å². The number of piperidine rings is 1. The second-order valence-electron chi connectivity index (χ2n) is 6.29. The maximum atomic E-state index is 12.6. The zero-order valence-corrected chi connectivity index (χ0v) is 14.7. The van der Waals surface area contributed by atoms with Gasteiger partial charge in [0, 0.05) is 36.7 Å². The molecule has 3 rings (SSSR count). The number of thioether (sulfide) groups is 1. The summed E-state index contributed by atoms with van der Waals surface area (Å²) in [4.78, 5) is 18.3. The lowest BCUT2D eigenvalue weighted by Gasteiger charge is -2.27. The summed E-state index contributed by atoms with van der Waals surface area (Å²) < 4.78 is 5.32. The molecule has 2 aliphatic rings. The summed E-state index contributed by atoms with van der Waals surface area (Å²) in [6.45, 7) is 4.76. The first kappa shape index (κ1) is 16.7. The summed E-state index contributed by atoms with van der Waals surface area (Å²) in [6, 6.07) is 6.18. The Balaban J connectivity index is 1.59. The Kier molecular flexibility index (Phi) is 5.84. The molecule has 23 heavy (non-hydrogen) atoms. The fourth-order valence-electron chi connectivity index (χ4n) is 3.31. The molecule has 126 valence electrons. The molecule has 1 aromatic carbocycles. The number of likely N-dealkylation sites (tertiary alicyclic amines) is 1. The van der Waals surface area contributed by atoms with E-state index in [0.29, 0.717) is 13.0 Å². The highest BCUT2D eigenvalue weighted by Crippen LogP contribution is 2.30. The molecule has 2 aliphatic heterocycles. The number of ether oxygens (including phenoxy) is 1. The van der Waals surface area contributed by atoms with Gasteiger partial charge in [-0.1, -0.05) is 6.42 Å². The number of benzene rings is 1. The van der Waals surface area contributed by atoms with Gasteiger partial charge in [-0.15, -0.1) is 11.8 Å². The van der Waals surface area contributed by atoms with E-state index >= 15 is 0 Å². The average molecular weight is 334 g/mol. The number of amides is 1. The predicted molar refractivity (Wildman–Crippen MR) is 94.0 cm³/mol. The topological polar surface area (TPSA) is 32.8 Å². The highest BCUT2D eigenvalue weighted by molar-refractivity contribution is 7.99. The highest BCUT2D eigenvalue weighted by Gasteiger charge is 2.20. The quantitative estimate of drug-likeness (QED) is 0.847. The van der Waals surface area contributed by atoms with Crippen LogP contribution >= 0.6 is 11.8 Å². The van der Waals surface area contributed by atoms with Crippen molar-refractivity contribution in [2.24, 2.45) is 0 Å². The van der Waals surface area contributed by atoms with Crippen molar-refractivity contribution in [1.29, 1.82) is 0 Å². The molecule has 1 fully saturated rings. The Morgan fingerprint density at radius 2 is 2.04 bits per heavy atom. The minimum absolute atomic E-state index is 0.284. The highest BCUT2D eigenvalue weighted by atomic mass is 32.2. The molecule has 2 heterocycles. The van der Waals surface area contributed by atoms with Gasteiger partial charge in [-0.05, 0) is 49.7 Å². The van der Waals surface area contributed by atoms with Crippen LogP contribution in [-0.2, 0) is 11.3 Å². The molecule has 0 bridgehead atoms. The summed E-state index contributed by atoms with van der Waals surface area (Å²) >= 11 is 1.84. The molecule has 1 aromatic rings. The zero-order chi connectivity index (χ0) is 16.1. The van der Waals surface area contributed by atoms with Crippen molar-refractivity contribution < 1.29 is 9.53 Å². The molecule has 0 saturated carbocycles. The van der Waals surface area contributed by atoms with E-state index in [-0.39, 0.29) is 5.91 Å². The number of rotatable bonds is 4. The van der Waals surface area contributed by atoms with Crippen LogP contribution in [0.3, 0.4) is 0 Å². The van der Waals surface area contributed by atoms with Crippen molar-refractivity contribution in [3.8, 4) is 5.75 Å². The van der Waals surface area contributed by atoms with Crippen molar-refractivity contribution in [2.45, 2.75) is 37.1 Å². The predicted octanol–water partition coefficient (Wildman–Crippen LogP) is 3.01. The van der Waals surface area contributed by atoms with E-state index < -0.39 is 0 Å². The van der Waals surface area contributed by atoms with Crippen LogP contribution in [-0.4, -0.2) is 54.7 Å². The van der Waals surface area contributed by atoms with Gasteiger partial charge in [0.1, 0.15) is 5.75 Å². The molecule has 0 spiro atoms. The van der Waals surface area contributed by atoms with E-state index in [1.165, 1.54) is 29.7 Å². The summed E-state index contributed by atoms with van der Waals surface area (Å²) in [6.07, 6.45) is 4.54. The van der Waals surface area contributed by atoms with E-state index in [4.69, 9.17) is 4.74 Å². The van der Waals surface area contributed by atoms with Gasteiger partial charge in [0.2, 0.25) is 5.91 Å². The third kappa shape index (κ3) is 4.42. The van der Waals surface area contributed by atoms with Crippen LogP contribution in [0.4, 0.5) is 0 Å². The zero-order valence-electron chi connectivity index (χ0n) is 13.9. The van der Waals surface area contributed by atoms with Gasteiger partial charge in [-0.3, -0.25) is 4.79 Å². The van der Waals surface area contributed by atoms with Crippen LogP contribution in [0.5, 0.6) is 5.75 Å². The normalized spacial score (nSPS) is 19.1. The van der Waals surface area contributed by atoms with Crippen molar-refractivity contribution in [3.63, 3.8) is 0 Å². The minimum Gasteiger partial charge on any atom is -0.497 e. The van der Waals surface area contributed by atoms with Gasteiger partial charge in [-0.2, -0.15) is 0 Å². The SMILES string of the molecule is COc1ccc2c(c1)CN(C(=O)CCN1CCCCC1)CCS2. The third-order valence-electron chi connectivity index (χ3n) is 4.69. The van der Waals surface area contributed by atoms with Crippen molar-refractivity contribution in [3.05, 3.63) is 23.8 Å². The second-order valence-corrected chi connectivity index (χ2v) is 7.43. The summed E-state index contributed by atoms with van der Waals surface area (Å²) in [5.74, 6) is 2.12. The van der Waals surface area contributed by atoms with E-state index in [2.05, 4.69) is 17.0 Å². The van der Waals surface area contributed by atoms with Crippen LogP contribution in [0.1, 0.15) is 31.2 Å². The fraction of sp³-hybridized carbons (Fsp3) is 0.611. The van der Waals surface area contributed by atoms with Gasteiger partial charge < -0.3 is 14.5 Å². The first-order chi connectivity index (χ1) is 11.3. The number of nitrogens with zero attached hydrogens (tertiary/aromatic N) is 2. The number of methoxy groups -OCH3 is 1. The van der Waals surface area contributed by atoms with E-state index in [1.807, 2.05) is 22.7 Å². The number of carbonyl (C=O) groups is 1. The van der Waals surface area contributed by atoms with Crippen LogP contribution < -0.4 is 4.74 Å². The molecule has 4 nitrogen and oxygen atoms in total. The monoisotopic (exact) mass is 334 g/mol. The molecule has 5 heteroatoms. The molecule has 0 atom stereocenters. The number of hydrogen-bond donors (Lipinski definition) is 0. The molecule has 0 aliphatic carbocycles. The van der Waals surface area contributed by atoms with Crippen LogP contribution in [0.15, 0.2) is 23.1 Å². The maximum absolute atomic E-state index is 12.6. The molecule has 1 saturated heterocycles. The van der Waals surface area contributed by atoms with Crippen LogP contribution in [0.2, 0.25) is 0 Å².